The lowest BCUT2D eigenvalue weighted by Crippen LogP contribution is -2.54. The van der Waals surface area contributed by atoms with Crippen LogP contribution in [0.4, 0.5) is 0 Å². The van der Waals surface area contributed by atoms with Gasteiger partial charge in [-0.05, 0) is 19.4 Å². The molecule has 0 fully saturated rings. The van der Waals surface area contributed by atoms with Crippen molar-refractivity contribution in [1.29, 1.82) is 0 Å². The van der Waals surface area contributed by atoms with Crippen LogP contribution in [0.15, 0.2) is 30.3 Å². The van der Waals surface area contributed by atoms with E-state index < -0.39 is 23.5 Å². The lowest BCUT2D eigenvalue weighted by Gasteiger charge is -2.25. The lowest BCUT2D eigenvalue weighted by atomic mass is 10.0. The molecular formula is C13H18N2O3. The van der Waals surface area contributed by atoms with E-state index >= 15 is 0 Å². The van der Waals surface area contributed by atoms with Crippen LogP contribution in [-0.4, -0.2) is 24.5 Å². The number of amides is 2. The number of rotatable bonds is 5. The molecule has 0 aliphatic heterocycles. The van der Waals surface area contributed by atoms with Crippen molar-refractivity contribution < 1.29 is 14.3 Å². The normalized spacial score (nSPS) is 12.8. The predicted molar refractivity (Wildman–Crippen MR) is 67.6 cm³/mol. The van der Waals surface area contributed by atoms with Crippen molar-refractivity contribution in [3.8, 4) is 0 Å². The molecular weight excluding hydrogens is 232 g/mol. The minimum absolute atomic E-state index is 0.396. The third-order valence-corrected chi connectivity index (χ3v) is 2.63. The molecule has 18 heavy (non-hydrogen) atoms. The highest BCUT2D eigenvalue weighted by atomic mass is 16.5. The number of methoxy groups -OCH3 is 1. The minimum atomic E-state index is -1.11. The zero-order valence-electron chi connectivity index (χ0n) is 10.8. The zero-order chi connectivity index (χ0) is 13.8. The highest BCUT2D eigenvalue weighted by Crippen LogP contribution is 2.17. The summed E-state index contributed by atoms with van der Waals surface area (Å²) < 4.78 is 5.16. The maximum Gasteiger partial charge on any atom is 0.254 e. The molecule has 0 aliphatic rings. The van der Waals surface area contributed by atoms with Gasteiger partial charge in [0, 0.05) is 7.11 Å². The van der Waals surface area contributed by atoms with Crippen molar-refractivity contribution in [3.05, 3.63) is 35.9 Å². The van der Waals surface area contributed by atoms with Gasteiger partial charge in [-0.25, -0.2) is 0 Å². The van der Waals surface area contributed by atoms with Crippen molar-refractivity contribution >= 4 is 11.8 Å². The lowest BCUT2D eigenvalue weighted by molar-refractivity contribution is -0.137. The number of primary amides is 1. The Balaban J connectivity index is 2.85. The highest BCUT2D eigenvalue weighted by Gasteiger charge is 2.30. The van der Waals surface area contributed by atoms with Gasteiger partial charge >= 0.3 is 0 Å². The minimum Gasteiger partial charge on any atom is -0.368 e. The Kier molecular flexibility index (Phi) is 4.44. The SMILES string of the molecule is CO[C@@H](C(=O)NC(C)(C)C(N)=O)c1ccccc1. The van der Waals surface area contributed by atoms with E-state index in [1.54, 1.807) is 26.0 Å². The molecule has 3 N–H and O–H groups in total. The maximum absolute atomic E-state index is 12.1. The quantitative estimate of drug-likeness (QED) is 0.809. The standard InChI is InChI=1S/C13H18N2O3/c1-13(2,12(14)17)15-11(16)10(18-3)9-7-5-4-6-8-9/h4-8,10H,1-3H3,(H2,14,17)(H,15,16)/t10-/m1/s1. The fraction of sp³-hybridized carbons (Fsp3) is 0.385. The fourth-order valence-corrected chi connectivity index (χ4v) is 1.46. The van der Waals surface area contributed by atoms with Crippen LogP contribution >= 0.6 is 0 Å². The van der Waals surface area contributed by atoms with Gasteiger partial charge in [-0.2, -0.15) is 0 Å². The van der Waals surface area contributed by atoms with Gasteiger partial charge in [-0.1, -0.05) is 30.3 Å². The van der Waals surface area contributed by atoms with E-state index in [1.807, 2.05) is 18.2 Å². The van der Waals surface area contributed by atoms with Crippen LogP contribution < -0.4 is 11.1 Å². The second-order valence-electron chi connectivity index (χ2n) is 4.50. The smallest absolute Gasteiger partial charge is 0.254 e. The van der Waals surface area contributed by atoms with Gasteiger partial charge in [0.05, 0.1) is 0 Å². The molecule has 1 aromatic carbocycles. The van der Waals surface area contributed by atoms with E-state index in [2.05, 4.69) is 5.32 Å². The van der Waals surface area contributed by atoms with E-state index in [-0.39, 0.29) is 0 Å². The molecule has 0 aliphatic carbocycles. The first kappa shape index (κ1) is 14.2. The van der Waals surface area contributed by atoms with Crippen LogP contribution in [0.2, 0.25) is 0 Å². The number of nitrogens with one attached hydrogen (secondary N) is 1. The first-order chi connectivity index (χ1) is 8.38. The van der Waals surface area contributed by atoms with Crippen LogP contribution in [0.25, 0.3) is 0 Å². The topological polar surface area (TPSA) is 81.4 Å². The molecule has 5 nitrogen and oxygen atoms in total. The number of carbonyl (C=O) groups excluding carboxylic acids is 2. The molecule has 0 saturated heterocycles. The number of hydrogen-bond acceptors (Lipinski definition) is 3. The Bertz CT molecular complexity index is 429. The van der Waals surface area contributed by atoms with Gasteiger partial charge in [-0.3, -0.25) is 9.59 Å². The summed E-state index contributed by atoms with van der Waals surface area (Å²) in [5, 5.41) is 2.57. The van der Waals surface area contributed by atoms with E-state index in [4.69, 9.17) is 10.5 Å². The summed E-state index contributed by atoms with van der Waals surface area (Å²) in [6.45, 7) is 3.09. The van der Waals surface area contributed by atoms with E-state index in [0.29, 0.717) is 0 Å². The second-order valence-corrected chi connectivity index (χ2v) is 4.50. The van der Waals surface area contributed by atoms with Crippen molar-refractivity contribution in [2.45, 2.75) is 25.5 Å². The Labute approximate surface area is 106 Å². The maximum atomic E-state index is 12.1. The molecule has 0 heterocycles. The van der Waals surface area contributed by atoms with Crippen molar-refractivity contribution in [3.63, 3.8) is 0 Å². The Morgan fingerprint density at radius 2 is 1.83 bits per heavy atom. The zero-order valence-corrected chi connectivity index (χ0v) is 10.8. The van der Waals surface area contributed by atoms with Gasteiger partial charge in [0.25, 0.3) is 5.91 Å². The molecule has 0 radical (unpaired) electrons. The largest absolute Gasteiger partial charge is 0.368 e. The van der Waals surface area contributed by atoms with Crippen LogP contribution in [0, 0.1) is 0 Å². The molecule has 0 unspecified atom stereocenters. The van der Waals surface area contributed by atoms with E-state index in [9.17, 15) is 9.59 Å². The first-order valence-corrected chi connectivity index (χ1v) is 5.58. The third-order valence-electron chi connectivity index (χ3n) is 2.63. The summed E-state index contributed by atoms with van der Waals surface area (Å²) in [6.07, 6.45) is -0.759. The monoisotopic (exact) mass is 250 g/mol. The first-order valence-electron chi connectivity index (χ1n) is 5.58. The molecule has 0 spiro atoms. The van der Waals surface area contributed by atoms with Crippen LogP contribution in [-0.2, 0) is 14.3 Å². The Hall–Kier alpha value is -1.88. The summed E-state index contributed by atoms with van der Waals surface area (Å²) in [7, 11) is 1.44. The van der Waals surface area contributed by atoms with Gasteiger partial charge < -0.3 is 15.8 Å². The number of nitrogens with two attached hydrogens (primary N) is 1. The molecule has 2 amide bonds. The van der Waals surface area contributed by atoms with Gasteiger partial charge in [0.15, 0.2) is 6.10 Å². The van der Waals surface area contributed by atoms with Crippen molar-refractivity contribution in [2.75, 3.05) is 7.11 Å². The second kappa shape index (κ2) is 5.64. The van der Waals surface area contributed by atoms with Gasteiger partial charge in [-0.15, -0.1) is 0 Å². The highest BCUT2D eigenvalue weighted by molar-refractivity contribution is 5.91. The van der Waals surface area contributed by atoms with Crippen molar-refractivity contribution in [2.24, 2.45) is 5.73 Å². The molecule has 0 bridgehead atoms. The van der Waals surface area contributed by atoms with Crippen LogP contribution in [0.5, 0.6) is 0 Å². The summed E-state index contributed by atoms with van der Waals surface area (Å²) >= 11 is 0. The summed E-state index contributed by atoms with van der Waals surface area (Å²) in [4.78, 5) is 23.2. The number of ether oxygens (including phenoxy) is 1. The summed E-state index contributed by atoms with van der Waals surface area (Å²) in [6, 6.07) is 9.04. The van der Waals surface area contributed by atoms with Crippen LogP contribution in [0.3, 0.4) is 0 Å². The Morgan fingerprint density at radius 1 is 1.28 bits per heavy atom. The average Bonchev–Trinajstić information content (AvgIpc) is 2.30. The number of hydrogen-bond donors (Lipinski definition) is 2. The molecule has 1 rings (SSSR count). The molecule has 1 atom stereocenters. The molecule has 0 aromatic heterocycles. The van der Waals surface area contributed by atoms with Gasteiger partial charge in [0.2, 0.25) is 5.91 Å². The third kappa shape index (κ3) is 3.30. The molecule has 5 heteroatoms. The predicted octanol–water partition coefficient (Wildman–Crippen LogP) is 0.754. The number of carbonyl (C=O) groups is 2. The van der Waals surface area contributed by atoms with E-state index in [1.165, 1.54) is 7.11 Å². The van der Waals surface area contributed by atoms with E-state index in [0.717, 1.165) is 5.56 Å². The van der Waals surface area contributed by atoms with Crippen molar-refractivity contribution in [1.82, 2.24) is 5.32 Å². The Morgan fingerprint density at radius 3 is 2.28 bits per heavy atom. The average molecular weight is 250 g/mol. The summed E-state index contributed by atoms with van der Waals surface area (Å²) in [5.41, 5.74) is 4.82. The summed E-state index contributed by atoms with van der Waals surface area (Å²) in [5.74, 6) is -0.994. The fourth-order valence-electron chi connectivity index (χ4n) is 1.46. The van der Waals surface area contributed by atoms with Gasteiger partial charge in [0.1, 0.15) is 5.54 Å². The number of benzene rings is 1. The molecule has 1 aromatic rings. The molecule has 0 saturated carbocycles. The molecule has 98 valence electrons. The van der Waals surface area contributed by atoms with Crippen LogP contribution in [0.1, 0.15) is 25.5 Å².